The van der Waals surface area contributed by atoms with Crippen LogP contribution in [0.3, 0.4) is 0 Å². The summed E-state index contributed by atoms with van der Waals surface area (Å²) in [4.78, 5) is 0. The molecule has 1 aromatic rings. The number of benzene rings is 1. The van der Waals surface area contributed by atoms with Crippen LogP contribution in [0.4, 0.5) is 0 Å². The minimum Gasteiger partial charge on any atom is -0.326 e. The Bertz CT molecular complexity index is 377. The maximum Gasteiger partial charge on any atom is 0.0451 e. The predicted molar refractivity (Wildman–Crippen MR) is 85.0 cm³/mol. The number of hydrogen-bond acceptors (Lipinski definition) is 2. The Morgan fingerprint density at radius 3 is 2.72 bits per heavy atom. The first-order chi connectivity index (χ1) is 8.70. The summed E-state index contributed by atoms with van der Waals surface area (Å²) in [6.07, 6.45) is 6.56. The Hall–Kier alpha value is 0.01000. The molecule has 2 rings (SSSR count). The summed E-state index contributed by atoms with van der Waals surface area (Å²) >= 11 is 5.67. The lowest BCUT2D eigenvalue weighted by Crippen LogP contribution is -2.27. The first-order valence-corrected chi connectivity index (χ1v) is 8.60. The third-order valence-electron chi connectivity index (χ3n) is 3.68. The molecule has 0 amide bonds. The van der Waals surface area contributed by atoms with Gasteiger partial charge < -0.3 is 5.73 Å². The summed E-state index contributed by atoms with van der Waals surface area (Å²) in [6, 6.07) is 8.89. The fraction of sp³-hybridized carbons (Fsp3) is 0.600. The van der Waals surface area contributed by atoms with E-state index in [1.807, 2.05) is 0 Å². The Morgan fingerprint density at radius 1 is 1.39 bits per heavy atom. The van der Waals surface area contributed by atoms with Crippen LogP contribution in [-0.2, 0) is 0 Å². The van der Waals surface area contributed by atoms with Crippen LogP contribution in [0.5, 0.6) is 0 Å². The quantitative estimate of drug-likeness (QED) is 0.832. The van der Waals surface area contributed by atoms with E-state index < -0.39 is 0 Å². The molecule has 2 atom stereocenters. The molecule has 3 heteroatoms. The normalized spacial score (nSPS) is 19.9. The molecule has 2 unspecified atom stereocenters. The van der Waals surface area contributed by atoms with Crippen LogP contribution in [0.2, 0.25) is 0 Å². The van der Waals surface area contributed by atoms with Crippen molar-refractivity contribution in [3.63, 3.8) is 0 Å². The Morgan fingerprint density at radius 2 is 2.11 bits per heavy atom. The molecule has 100 valence electrons. The molecule has 1 saturated carbocycles. The maximum atomic E-state index is 6.34. The molecule has 0 spiro atoms. The molecule has 0 saturated heterocycles. The van der Waals surface area contributed by atoms with E-state index in [0.29, 0.717) is 5.25 Å². The van der Waals surface area contributed by atoms with E-state index in [4.69, 9.17) is 5.73 Å². The molecular formula is C15H22BrNS. The lowest BCUT2D eigenvalue weighted by molar-refractivity contribution is 0.631. The fourth-order valence-corrected chi connectivity index (χ4v) is 4.69. The number of nitrogens with two attached hydrogens (primary N) is 1. The molecule has 1 nitrogen and oxygen atoms in total. The molecule has 18 heavy (non-hydrogen) atoms. The van der Waals surface area contributed by atoms with Crippen LogP contribution in [-0.4, -0.2) is 11.3 Å². The molecule has 0 heterocycles. The third-order valence-corrected chi connectivity index (χ3v) is 5.94. The van der Waals surface area contributed by atoms with Crippen LogP contribution in [0.25, 0.3) is 0 Å². The maximum absolute atomic E-state index is 6.34. The largest absolute Gasteiger partial charge is 0.326 e. The van der Waals surface area contributed by atoms with E-state index >= 15 is 0 Å². The summed E-state index contributed by atoms with van der Waals surface area (Å²) in [5, 5.41) is 1.25. The van der Waals surface area contributed by atoms with Gasteiger partial charge in [0.2, 0.25) is 0 Å². The van der Waals surface area contributed by atoms with Gasteiger partial charge in [0.15, 0.2) is 0 Å². The monoisotopic (exact) mass is 327 g/mol. The average Bonchev–Trinajstić information content (AvgIpc) is 2.88. The van der Waals surface area contributed by atoms with Crippen molar-refractivity contribution in [2.45, 2.75) is 55.6 Å². The van der Waals surface area contributed by atoms with Crippen LogP contribution in [0.15, 0.2) is 28.7 Å². The Kier molecular flexibility index (Phi) is 5.58. The van der Waals surface area contributed by atoms with Gasteiger partial charge >= 0.3 is 0 Å². The van der Waals surface area contributed by atoms with Gasteiger partial charge in [0, 0.05) is 21.0 Å². The molecule has 0 radical (unpaired) electrons. The molecule has 1 fully saturated rings. The van der Waals surface area contributed by atoms with Gasteiger partial charge in [-0.25, -0.2) is 0 Å². The van der Waals surface area contributed by atoms with E-state index in [1.54, 1.807) is 0 Å². The van der Waals surface area contributed by atoms with E-state index in [1.165, 1.54) is 31.2 Å². The van der Waals surface area contributed by atoms with Gasteiger partial charge in [-0.3, -0.25) is 0 Å². The molecular weight excluding hydrogens is 306 g/mol. The van der Waals surface area contributed by atoms with Gasteiger partial charge in [-0.15, -0.1) is 11.8 Å². The second-order valence-electron chi connectivity index (χ2n) is 5.09. The van der Waals surface area contributed by atoms with Crippen molar-refractivity contribution in [2.75, 3.05) is 0 Å². The minimum atomic E-state index is 0.255. The first kappa shape index (κ1) is 14.4. The summed E-state index contributed by atoms with van der Waals surface area (Å²) in [7, 11) is 0. The van der Waals surface area contributed by atoms with Crippen molar-refractivity contribution in [1.82, 2.24) is 0 Å². The first-order valence-electron chi connectivity index (χ1n) is 6.87. The van der Waals surface area contributed by atoms with Crippen LogP contribution in [0.1, 0.15) is 49.8 Å². The zero-order chi connectivity index (χ0) is 13.0. The molecule has 2 N–H and O–H groups in total. The van der Waals surface area contributed by atoms with Gasteiger partial charge in [0.1, 0.15) is 0 Å². The average molecular weight is 328 g/mol. The van der Waals surface area contributed by atoms with Crippen molar-refractivity contribution in [3.05, 3.63) is 34.3 Å². The molecule has 0 bridgehead atoms. The van der Waals surface area contributed by atoms with Crippen molar-refractivity contribution in [1.29, 1.82) is 0 Å². The number of rotatable bonds is 5. The zero-order valence-corrected chi connectivity index (χ0v) is 13.3. The van der Waals surface area contributed by atoms with Crippen molar-refractivity contribution < 1.29 is 0 Å². The highest BCUT2D eigenvalue weighted by molar-refractivity contribution is 9.10. The topological polar surface area (TPSA) is 26.0 Å². The standard InChI is InChI=1S/C15H22BrNS/c1-2-14(17)15(18-13-8-3-4-9-13)11-6-5-7-12(16)10-11/h5-7,10,13-15H,2-4,8-9,17H2,1H3. The van der Waals surface area contributed by atoms with Crippen LogP contribution < -0.4 is 5.73 Å². The molecule has 1 aliphatic carbocycles. The second kappa shape index (κ2) is 6.97. The highest BCUT2D eigenvalue weighted by Crippen LogP contribution is 2.41. The number of hydrogen-bond donors (Lipinski definition) is 1. The van der Waals surface area contributed by atoms with Gasteiger partial charge in [-0.2, -0.15) is 0 Å². The molecule has 0 aromatic heterocycles. The number of halogens is 1. The van der Waals surface area contributed by atoms with Crippen molar-refractivity contribution in [2.24, 2.45) is 5.73 Å². The summed E-state index contributed by atoms with van der Waals surface area (Å²) < 4.78 is 1.15. The second-order valence-corrected chi connectivity index (χ2v) is 7.45. The van der Waals surface area contributed by atoms with Gasteiger partial charge in [-0.05, 0) is 37.0 Å². The predicted octanol–water partition coefficient (Wildman–Crippen LogP) is 4.90. The highest BCUT2D eigenvalue weighted by Gasteiger charge is 2.25. The SMILES string of the molecule is CCC(N)C(SC1CCCC1)c1cccc(Br)c1. The van der Waals surface area contributed by atoms with Crippen molar-refractivity contribution >= 4 is 27.7 Å². The third kappa shape index (κ3) is 3.75. The summed E-state index contributed by atoms with van der Waals surface area (Å²) in [5.41, 5.74) is 7.71. The molecule has 1 aliphatic rings. The lowest BCUT2D eigenvalue weighted by atomic mass is 10.0. The Labute approximate surface area is 123 Å². The van der Waals surface area contributed by atoms with Gasteiger partial charge in [-0.1, -0.05) is 47.8 Å². The summed E-state index contributed by atoms with van der Waals surface area (Å²) in [6.45, 7) is 2.19. The highest BCUT2D eigenvalue weighted by atomic mass is 79.9. The van der Waals surface area contributed by atoms with Crippen LogP contribution >= 0.6 is 27.7 Å². The molecule has 0 aliphatic heterocycles. The minimum absolute atomic E-state index is 0.255. The summed E-state index contributed by atoms with van der Waals surface area (Å²) in [5.74, 6) is 0. The van der Waals surface area contributed by atoms with E-state index in [9.17, 15) is 0 Å². The van der Waals surface area contributed by atoms with Gasteiger partial charge in [0.25, 0.3) is 0 Å². The lowest BCUT2D eigenvalue weighted by Gasteiger charge is -2.26. The van der Waals surface area contributed by atoms with E-state index in [2.05, 4.69) is 58.9 Å². The van der Waals surface area contributed by atoms with Crippen LogP contribution in [0, 0.1) is 0 Å². The number of thioether (sulfide) groups is 1. The Balaban J connectivity index is 2.13. The zero-order valence-electron chi connectivity index (χ0n) is 10.9. The van der Waals surface area contributed by atoms with Gasteiger partial charge in [0.05, 0.1) is 0 Å². The fourth-order valence-electron chi connectivity index (χ4n) is 2.56. The van der Waals surface area contributed by atoms with Crippen molar-refractivity contribution in [3.8, 4) is 0 Å². The van der Waals surface area contributed by atoms with E-state index in [-0.39, 0.29) is 6.04 Å². The smallest absolute Gasteiger partial charge is 0.0451 e. The van der Waals surface area contributed by atoms with E-state index in [0.717, 1.165) is 16.1 Å². The molecule has 1 aromatic carbocycles.